The maximum Gasteiger partial charge on any atom is 0.330 e. The van der Waals surface area contributed by atoms with Crippen LogP contribution in [0.3, 0.4) is 0 Å². The van der Waals surface area contributed by atoms with Gasteiger partial charge in [-0.15, -0.1) is 0 Å². The molecule has 1 heterocycles. The van der Waals surface area contributed by atoms with Crippen molar-refractivity contribution in [1.29, 1.82) is 0 Å². The van der Waals surface area contributed by atoms with E-state index < -0.39 is 0 Å². The van der Waals surface area contributed by atoms with Gasteiger partial charge >= 0.3 is 5.97 Å². The summed E-state index contributed by atoms with van der Waals surface area (Å²) in [4.78, 5) is 18.9. The van der Waals surface area contributed by atoms with Gasteiger partial charge in [-0.25, -0.2) is 14.8 Å². The Morgan fingerprint density at radius 1 is 1.47 bits per heavy atom. The van der Waals surface area contributed by atoms with E-state index in [2.05, 4.69) is 9.97 Å². The highest BCUT2D eigenvalue weighted by Gasteiger charge is 2.00. The Hall–Kier alpha value is -1.76. The van der Waals surface area contributed by atoms with Crippen LogP contribution in [-0.2, 0) is 9.53 Å². The summed E-state index contributed by atoms with van der Waals surface area (Å²) in [5.74, 6) is 0.840. The molecule has 0 aliphatic carbocycles. The van der Waals surface area contributed by atoms with Crippen LogP contribution in [0.25, 0.3) is 0 Å². The molecule has 0 atom stereocenters. The van der Waals surface area contributed by atoms with Gasteiger partial charge in [0.1, 0.15) is 11.6 Å². The van der Waals surface area contributed by atoms with E-state index in [9.17, 15) is 4.79 Å². The summed E-state index contributed by atoms with van der Waals surface area (Å²) < 4.78 is 4.73. The van der Waals surface area contributed by atoms with E-state index in [4.69, 9.17) is 16.2 Å². The van der Waals surface area contributed by atoms with E-state index in [-0.39, 0.29) is 5.97 Å². The molecule has 1 rings (SSSR count). The van der Waals surface area contributed by atoms with Gasteiger partial charge in [-0.3, -0.25) is 0 Å². The fraction of sp³-hybridized carbons (Fsp3) is 0.300. The van der Waals surface area contributed by atoms with E-state index in [0.717, 1.165) is 0 Å². The molecule has 0 bridgehead atoms. The molecule has 7 heteroatoms. The third kappa shape index (κ3) is 5.21. The van der Waals surface area contributed by atoms with Gasteiger partial charge in [-0.05, 0) is 6.92 Å². The normalized spacial score (nSPS) is 10.6. The molecule has 6 nitrogen and oxygen atoms in total. The van der Waals surface area contributed by atoms with Crippen LogP contribution in [0.5, 0.6) is 0 Å². The first-order chi connectivity index (χ1) is 8.11. The minimum atomic E-state index is -0.360. The summed E-state index contributed by atoms with van der Waals surface area (Å²) in [6.45, 7) is 2.12. The number of carbonyl (C=O) groups is 1. The molecule has 0 spiro atoms. The summed E-state index contributed by atoms with van der Waals surface area (Å²) in [5, 5.41) is 0.482. The quantitative estimate of drug-likeness (QED) is 0.347. The van der Waals surface area contributed by atoms with E-state index in [1.165, 1.54) is 23.9 Å². The molecule has 0 unspecified atom stereocenters. The summed E-state index contributed by atoms with van der Waals surface area (Å²) in [5.41, 5.74) is 11.0. The number of nitrogen functional groups attached to an aromatic ring is 2. The summed E-state index contributed by atoms with van der Waals surface area (Å²) in [6, 6.07) is 1.48. The number of nitrogens with two attached hydrogens (primary N) is 2. The molecule has 0 aliphatic rings. The van der Waals surface area contributed by atoms with Gasteiger partial charge in [0, 0.05) is 17.9 Å². The lowest BCUT2D eigenvalue weighted by Gasteiger charge is -2.00. The maximum atomic E-state index is 11.0. The fourth-order valence-electron chi connectivity index (χ4n) is 0.984. The third-order valence-electron chi connectivity index (χ3n) is 1.59. The Morgan fingerprint density at radius 3 is 2.71 bits per heavy atom. The van der Waals surface area contributed by atoms with Crippen LogP contribution >= 0.6 is 11.8 Å². The third-order valence-corrected chi connectivity index (χ3v) is 2.39. The first kappa shape index (κ1) is 13.3. The lowest BCUT2D eigenvalue weighted by atomic mass is 10.5. The first-order valence-electron chi connectivity index (χ1n) is 4.98. The molecular formula is C10H14N4O2S. The van der Waals surface area contributed by atoms with Crippen molar-refractivity contribution >= 4 is 29.4 Å². The van der Waals surface area contributed by atoms with Gasteiger partial charge in [0.2, 0.25) is 0 Å². The Morgan fingerprint density at radius 2 is 2.12 bits per heavy atom. The van der Waals surface area contributed by atoms with Crippen molar-refractivity contribution in [2.24, 2.45) is 0 Å². The molecule has 0 amide bonds. The van der Waals surface area contributed by atoms with Crippen molar-refractivity contribution in [1.82, 2.24) is 9.97 Å². The van der Waals surface area contributed by atoms with Crippen LogP contribution in [0.15, 0.2) is 23.4 Å². The fourth-order valence-corrected chi connectivity index (χ4v) is 1.67. The summed E-state index contributed by atoms with van der Waals surface area (Å²) in [6.07, 6.45) is 3.04. The molecule has 92 valence electrons. The average Bonchev–Trinajstić information content (AvgIpc) is 2.23. The van der Waals surface area contributed by atoms with Crippen LogP contribution in [-0.4, -0.2) is 28.3 Å². The lowest BCUT2D eigenvalue weighted by Crippen LogP contribution is -2.00. The number of rotatable bonds is 5. The van der Waals surface area contributed by atoms with Gasteiger partial charge in [-0.2, -0.15) is 0 Å². The number of hydrogen-bond acceptors (Lipinski definition) is 7. The highest BCUT2D eigenvalue weighted by Crippen LogP contribution is 2.16. The van der Waals surface area contributed by atoms with Crippen molar-refractivity contribution in [2.75, 3.05) is 23.8 Å². The Balaban J connectivity index is 2.43. The lowest BCUT2D eigenvalue weighted by molar-refractivity contribution is -0.137. The zero-order valence-electron chi connectivity index (χ0n) is 9.42. The molecule has 1 aromatic rings. The van der Waals surface area contributed by atoms with E-state index in [0.29, 0.717) is 29.2 Å². The van der Waals surface area contributed by atoms with Gasteiger partial charge < -0.3 is 16.2 Å². The summed E-state index contributed by atoms with van der Waals surface area (Å²) >= 11 is 1.33. The van der Waals surface area contributed by atoms with Crippen molar-refractivity contribution in [3.8, 4) is 0 Å². The van der Waals surface area contributed by atoms with Gasteiger partial charge in [0.15, 0.2) is 5.16 Å². The van der Waals surface area contributed by atoms with Crippen LogP contribution in [0, 0.1) is 0 Å². The number of carbonyl (C=O) groups excluding carboxylic acids is 1. The van der Waals surface area contributed by atoms with Gasteiger partial charge in [-0.1, -0.05) is 17.8 Å². The predicted octanol–water partition coefficient (Wildman–Crippen LogP) is 0.852. The number of thioether (sulfide) groups is 1. The number of nitrogens with zero attached hydrogens (tertiary/aromatic N) is 2. The Labute approximate surface area is 103 Å². The number of hydrogen-bond donors (Lipinski definition) is 2. The molecule has 0 saturated heterocycles. The number of aromatic nitrogens is 2. The zero-order chi connectivity index (χ0) is 12.7. The second-order valence-corrected chi connectivity index (χ2v) is 3.95. The van der Waals surface area contributed by atoms with Crippen molar-refractivity contribution in [3.63, 3.8) is 0 Å². The largest absolute Gasteiger partial charge is 0.463 e. The summed E-state index contributed by atoms with van der Waals surface area (Å²) in [7, 11) is 0. The Bertz CT molecular complexity index is 403. The van der Waals surface area contributed by atoms with E-state index >= 15 is 0 Å². The minimum Gasteiger partial charge on any atom is -0.463 e. The number of esters is 1. The molecule has 0 radical (unpaired) electrons. The highest BCUT2D eigenvalue weighted by atomic mass is 32.2. The molecule has 0 fully saturated rings. The maximum absolute atomic E-state index is 11.0. The molecule has 0 saturated carbocycles. The molecule has 1 aromatic heterocycles. The van der Waals surface area contributed by atoms with Gasteiger partial charge in [0.05, 0.1) is 6.61 Å². The average molecular weight is 254 g/mol. The first-order valence-corrected chi connectivity index (χ1v) is 5.96. The second kappa shape index (κ2) is 6.74. The van der Waals surface area contributed by atoms with Crippen LogP contribution in [0.2, 0.25) is 0 Å². The predicted molar refractivity (Wildman–Crippen MR) is 67.4 cm³/mol. The minimum absolute atomic E-state index is 0.328. The molecule has 0 aliphatic heterocycles. The Kier molecular flexibility index (Phi) is 5.28. The van der Waals surface area contributed by atoms with Gasteiger partial charge in [0.25, 0.3) is 0 Å². The monoisotopic (exact) mass is 254 g/mol. The van der Waals surface area contributed by atoms with E-state index in [1.54, 1.807) is 13.0 Å². The van der Waals surface area contributed by atoms with Crippen LogP contribution < -0.4 is 11.5 Å². The topological polar surface area (TPSA) is 104 Å². The SMILES string of the molecule is CCOC(=O)/C=C/CSc1nc(N)cc(N)n1. The zero-order valence-corrected chi connectivity index (χ0v) is 10.2. The highest BCUT2D eigenvalue weighted by molar-refractivity contribution is 7.99. The molecule has 0 aromatic carbocycles. The van der Waals surface area contributed by atoms with E-state index in [1.807, 2.05) is 0 Å². The molecular weight excluding hydrogens is 240 g/mol. The van der Waals surface area contributed by atoms with Crippen molar-refractivity contribution in [2.45, 2.75) is 12.1 Å². The smallest absolute Gasteiger partial charge is 0.330 e. The standard InChI is InChI=1S/C10H14N4O2S/c1-2-16-9(15)4-3-5-17-10-13-7(11)6-8(12)14-10/h3-4,6H,2,5H2,1H3,(H4,11,12,13,14)/b4-3+. The van der Waals surface area contributed by atoms with Crippen LogP contribution in [0.1, 0.15) is 6.92 Å². The number of ether oxygens (including phenoxy) is 1. The molecule has 17 heavy (non-hydrogen) atoms. The molecule has 4 N–H and O–H groups in total. The van der Waals surface area contributed by atoms with Crippen molar-refractivity contribution in [3.05, 3.63) is 18.2 Å². The second-order valence-electron chi connectivity index (χ2n) is 2.97. The van der Waals surface area contributed by atoms with Crippen molar-refractivity contribution < 1.29 is 9.53 Å². The number of anilines is 2. The van der Waals surface area contributed by atoms with Crippen LogP contribution in [0.4, 0.5) is 11.6 Å².